The summed E-state index contributed by atoms with van der Waals surface area (Å²) in [6.07, 6.45) is 8.12. The highest BCUT2D eigenvalue weighted by Crippen LogP contribution is 2.38. The van der Waals surface area contributed by atoms with Crippen molar-refractivity contribution in [3.63, 3.8) is 0 Å². The molecule has 0 amide bonds. The van der Waals surface area contributed by atoms with Crippen molar-refractivity contribution in [1.82, 2.24) is 19.5 Å². The van der Waals surface area contributed by atoms with Crippen LogP contribution in [0.1, 0.15) is 51.8 Å². The molecule has 9 heteroatoms. The molecule has 5 rings (SSSR count). The molecule has 9 nitrogen and oxygen atoms in total. The lowest BCUT2D eigenvalue weighted by Crippen LogP contribution is -2.33. The van der Waals surface area contributed by atoms with Crippen molar-refractivity contribution in [3.8, 4) is 5.82 Å². The predicted molar refractivity (Wildman–Crippen MR) is 150 cm³/mol. The maximum absolute atomic E-state index is 13.4. The Balaban J connectivity index is 1.69. The van der Waals surface area contributed by atoms with Crippen LogP contribution in [0.15, 0.2) is 64.4 Å². The Bertz CT molecular complexity index is 1720. The fraction of sp³-hybridized carbons (Fsp3) is 0.233. The minimum Gasteiger partial charge on any atom is -0.468 e. The average molecular weight is 524 g/mol. The Labute approximate surface area is 225 Å². The second-order valence-electron chi connectivity index (χ2n) is 9.58. The smallest absolute Gasteiger partial charge is 0.334 e. The van der Waals surface area contributed by atoms with E-state index in [1.54, 1.807) is 19.3 Å². The van der Waals surface area contributed by atoms with E-state index in [1.165, 1.54) is 28.3 Å². The number of carbonyl (C=O) groups is 1. The molecular formula is C30H29N5O4. The predicted octanol–water partition coefficient (Wildman–Crippen LogP) is 3.46. The Morgan fingerprint density at radius 1 is 1.05 bits per heavy atom. The van der Waals surface area contributed by atoms with Gasteiger partial charge in [-0.1, -0.05) is 61.0 Å². The summed E-state index contributed by atoms with van der Waals surface area (Å²) in [7, 11) is 2.95. The van der Waals surface area contributed by atoms with Gasteiger partial charge in [0.2, 0.25) is 5.95 Å². The van der Waals surface area contributed by atoms with Gasteiger partial charge in [0.05, 0.1) is 7.11 Å². The molecule has 0 saturated heterocycles. The van der Waals surface area contributed by atoms with E-state index in [1.807, 2.05) is 19.1 Å². The number of methoxy groups -OCH3 is 1. The van der Waals surface area contributed by atoms with E-state index in [9.17, 15) is 14.4 Å². The first kappa shape index (κ1) is 25.8. The summed E-state index contributed by atoms with van der Waals surface area (Å²) in [5, 5.41) is 0. The molecule has 39 heavy (non-hydrogen) atoms. The second-order valence-corrected chi connectivity index (χ2v) is 9.58. The summed E-state index contributed by atoms with van der Waals surface area (Å²) >= 11 is 0. The van der Waals surface area contributed by atoms with Crippen LogP contribution < -0.4 is 16.1 Å². The number of hydrogen-bond donors (Lipinski definition) is 1. The second kappa shape index (κ2) is 10.5. The third kappa shape index (κ3) is 5.03. The highest BCUT2D eigenvalue weighted by atomic mass is 16.5. The van der Waals surface area contributed by atoms with Gasteiger partial charge in [0.1, 0.15) is 12.4 Å². The highest BCUT2D eigenvalue weighted by Gasteiger charge is 2.27. The third-order valence-corrected chi connectivity index (χ3v) is 6.96. The summed E-state index contributed by atoms with van der Waals surface area (Å²) in [6.45, 7) is 4.08. The van der Waals surface area contributed by atoms with Crippen LogP contribution in [0.5, 0.6) is 0 Å². The monoisotopic (exact) mass is 523 g/mol. The van der Waals surface area contributed by atoms with Crippen molar-refractivity contribution in [3.05, 3.63) is 115 Å². The van der Waals surface area contributed by atoms with Crippen molar-refractivity contribution in [2.24, 2.45) is 0 Å². The molecule has 1 aliphatic rings. The number of aromatic nitrogens is 4. The van der Waals surface area contributed by atoms with Crippen LogP contribution in [-0.2, 0) is 16.0 Å². The number of esters is 1. The molecule has 198 valence electrons. The van der Waals surface area contributed by atoms with Crippen LogP contribution in [-0.4, -0.2) is 46.2 Å². The molecule has 0 fully saturated rings. The molecule has 0 radical (unpaired) electrons. The molecule has 1 atom stereocenters. The lowest BCUT2D eigenvalue weighted by molar-refractivity contribution is -0.138. The summed E-state index contributed by atoms with van der Waals surface area (Å²) < 4.78 is 6.03. The van der Waals surface area contributed by atoms with Gasteiger partial charge in [-0.25, -0.2) is 9.78 Å². The van der Waals surface area contributed by atoms with Gasteiger partial charge in [-0.05, 0) is 41.2 Å². The van der Waals surface area contributed by atoms with Gasteiger partial charge in [-0.3, -0.25) is 19.1 Å². The Morgan fingerprint density at radius 2 is 1.77 bits per heavy atom. The Kier molecular flexibility index (Phi) is 6.98. The number of hydrogen-bond acceptors (Lipinski definition) is 7. The molecule has 1 N–H and O–H groups in total. The first-order valence-electron chi connectivity index (χ1n) is 12.7. The molecular weight excluding hydrogens is 494 g/mol. The van der Waals surface area contributed by atoms with Crippen LogP contribution >= 0.6 is 0 Å². The molecule has 0 bridgehead atoms. The van der Waals surface area contributed by atoms with Crippen LogP contribution in [0, 0.1) is 6.92 Å². The molecule has 2 aromatic carbocycles. The van der Waals surface area contributed by atoms with Crippen molar-refractivity contribution >= 4 is 24.1 Å². The molecule has 0 saturated carbocycles. The minimum absolute atomic E-state index is 0.0620. The number of benzene rings is 2. The first-order valence-corrected chi connectivity index (χ1v) is 12.7. The molecule has 1 aliphatic carbocycles. The zero-order valence-corrected chi connectivity index (χ0v) is 22.3. The number of aromatic amines is 1. The topological polar surface area (TPSA) is 110 Å². The first-order chi connectivity index (χ1) is 18.8. The van der Waals surface area contributed by atoms with Crippen LogP contribution in [0.3, 0.4) is 0 Å². The van der Waals surface area contributed by atoms with E-state index < -0.39 is 23.1 Å². The van der Waals surface area contributed by atoms with E-state index in [-0.39, 0.29) is 18.3 Å². The molecule has 2 aromatic heterocycles. The summed E-state index contributed by atoms with van der Waals surface area (Å²) in [4.78, 5) is 50.9. The van der Waals surface area contributed by atoms with Gasteiger partial charge in [0.25, 0.3) is 5.56 Å². The highest BCUT2D eigenvalue weighted by molar-refractivity contribution is 5.78. The normalized spacial score (nSPS) is 13.8. The number of anilines is 1. The Hall–Kier alpha value is -4.79. The van der Waals surface area contributed by atoms with E-state index in [4.69, 9.17) is 4.74 Å². The maximum Gasteiger partial charge on any atom is 0.334 e. The average Bonchev–Trinajstić information content (AvgIpc) is 3.09. The minimum atomic E-state index is -0.624. The van der Waals surface area contributed by atoms with Crippen molar-refractivity contribution in [2.75, 3.05) is 25.6 Å². The molecule has 1 unspecified atom stereocenters. The van der Waals surface area contributed by atoms with Gasteiger partial charge >= 0.3 is 11.7 Å². The number of H-pyrrole nitrogens is 1. The number of aryl methyl sites for hydroxylation is 2. The fourth-order valence-corrected chi connectivity index (χ4v) is 4.88. The van der Waals surface area contributed by atoms with Gasteiger partial charge in [0, 0.05) is 37.0 Å². The van der Waals surface area contributed by atoms with Gasteiger partial charge in [-0.2, -0.15) is 4.98 Å². The van der Waals surface area contributed by atoms with Crippen molar-refractivity contribution < 1.29 is 9.53 Å². The van der Waals surface area contributed by atoms with Crippen molar-refractivity contribution in [2.45, 2.75) is 26.2 Å². The number of rotatable bonds is 6. The zero-order chi connectivity index (χ0) is 27.7. The SMILES string of the molecule is CCc1ccc2c(c1)C=Cc1cc(C)ccc1C2c1cn(-c2ccnc(N(C)CC(=O)OC)n2)c(=O)[nH]c1=O. The number of carbonyl (C=O) groups excluding carboxylic acids is 1. The van der Waals surface area contributed by atoms with Gasteiger partial charge in [-0.15, -0.1) is 0 Å². The summed E-state index contributed by atoms with van der Waals surface area (Å²) in [5.74, 6) is -0.377. The third-order valence-electron chi connectivity index (χ3n) is 6.96. The van der Waals surface area contributed by atoms with Crippen LogP contribution in [0.2, 0.25) is 0 Å². The maximum atomic E-state index is 13.4. The van der Waals surface area contributed by atoms with E-state index in [0.717, 1.165) is 34.2 Å². The largest absolute Gasteiger partial charge is 0.468 e. The van der Waals surface area contributed by atoms with Gasteiger partial charge < -0.3 is 9.64 Å². The fourth-order valence-electron chi connectivity index (χ4n) is 4.88. The molecule has 4 aromatic rings. The van der Waals surface area contributed by atoms with E-state index in [0.29, 0.717) is 5.56 Å². The molecule has 0 spiro atoms. The lowest BCUT2D eigenvalue weighted by Gasteiger charge is -2.22. The summed E-state index contributed by atoms with van der Waals surface area (Å²) in [5.41, 5.74) is 5.62. The molecule has 0 aliphatic heterocycles. The van der Waals surface area contributed by atoms with Gasteiger partial charge in [0.15, 0.2) is 0 Å². The summed E-state index contributed by atoms with van der Waals surface area (Å²) in [6, 6.07) is 14.0. The number of fused-ring (bicyclic) bond motifs is 2. The van der Waals surface area contributed by atoms with Crippen LogP contribution in [0.25, 0.3) is 18.0 Å². The zero-order valence-electron chi connectivity index (χ0n) is 22.3. The Morgan fingerprint density at radius 3 is 2.49 bits per heavy atom. The van der Waals surface area contributed by atoms with Crippen LogP contribution in [0.4, 0.5) is 5.95 Å². The standard InChI is InChI=1S/C30H29N5O4/c1-5-19-7-11-23-21(15-19)9-8-20-14-18(2)6-10-22(20)27(23)24-16-35(30(38)33-28(24)37)25-12-13-31-29(32-25)34(3)17-26(36)39-4/h6-16,27H,5,17H2,1-4H3,(H,33,37,38). The number of ether oxygens (including phenoxy) is 1. The lowest BCUT2D eigenvalue weighted by atomic mass is 9.82. The van der Waals surface area contributed by atoms with E-state index >= 15 is 0 Å². The number of nitrogens with one attached hydrogen (secondary N) is 1. The number of nitrogens with zero attached hydrogens (tertiary/aromatic N) is 4. The van der Waals surface area contributed by atoms with Crippen molar-refractivity contribution in [1.29, 1.82) is 0 Å². The number of likely N-dealkylation sites (N-methyl/N-ethyl adjacent to an activating group) is 1. The quantitative estimate of drug-likeness (QED) is 0.340. The molecule has 2 heterocycles. The van der Waals surface area contributed by atoms with E-state index in [2.05, 4.69) is 58.3 Å².